The Bertz CT molecular complexity index is 577. The minimum atomic E-state index is -0.706. The van der Waals surface area contributed by atoms with E-state index in [0.717, 1.165) is 51.4 Å². The summed E-state index contributed by atoms with van der Waals surface area (Å²) in [5.74, 6) is 1.82. The van der Waals surface area contributed by atoms with Gasteiger partial charge < -0.3 is 14.2 Å². The van der Waals surface area contributed by atoms with Crippen molar-refractivity contribution in [2.45, 2.75) is 76.7 Å². The molecule has 5 aliphatic rings. The van der Waals surface area contributed by atoms with Crippen LogP contribution in [0.15, 0.2) is 0 Å². The first kappa shape index (κ1) is 19.4. The molecular formula is C21H31ClO5. The van der Waals surface area contributed by atoms with E-state index >= 15 is 0 Å². The van der Waals surface area contributed by atoms with Crippen molar-refractivity contribution in [3.63, 3.8) is 0 Å². The van der Waals surface area contributed by atoms with Gasteiger partial charge in [-0.2, -0.15) is 0 Å². The largest absolute Gasteiger partial charge is 0.509 e. The van der Waals surface area contributed by atoms with Crippen LogP contribution in [0.3, 0.4) is 0 Å². The highest BCUT2D eigenvalue weighted by molar-refractivity contribution is 6.17. The number of halogens is 1. The predicted molar refractivity (Wildman–Crippen MR) is 100 cm³/mol. The van der Waals surface area contributed by atoms with Gasteiger partial charge in [-0.15, -0.1) is 0 Å². The van der Waals surface area contributed by atoms with Crippen molar-refractivity contribution in [2.24, 2.45) is 29.1 Å². The van der Waals surface area contributed by atoms with Crippen LogP contribution in [0.25, 0.3) is 0 Å². The Balaban J connectivity index is 1.43. The number of carbonyl (C=O) groups is 2. The number of esters is 1. The van der Waals surface area contributed by atoms with E-state index in [0.29, 0.717) is 24.4 Å². The van der Waals surface area contributed by atoms with Gasteiger partial charge in [-0.25, -0.2) is 4.79 Å². The van der Waals surface area contributed by atoms with Crippen LogP contribution >= 0.6 is 11.6 Å². The van der Waals surface area contributed by atoms with Crippen LogP contribution in [0.5, 0.6) is 0 Å². The molecule has 4 atom stereocenters. The summed E-state index contributed by atoms with van der Waals surface area (Å²) < 4.78 is 16.4. The summed E-state index contributed by atoms with van der Waals surface area (Å²) in [5.41, 5.74) is -0.419. The molecule has 5 nitrogen and oxygen atoms in total. The van der Waals surface area contributed by atoms with Gasteiger partial charge in [0.05, 0.1) is 5.92 Å². The fourth-order valence-corrected chi connectivity index (χ4v) is 6.99. The quantitative estimate of drug-likeness (QED) is 0.479. The van der Waals surface area contributed by atoms with E-state index < -0.39 is 6.16 Å². The van der Waals surface area contributed by atoms with E-state index in [2.05, 4.69) is 6.92 Å². The lowest BCUT2D eigenvalue weighted by atomic mass is 9.48. The molecule has 5 rings (SSSR count). The molecule has 3 unspecified atom stereocenters. The number of hydrogen-bond acceptors (Lipinski definition) is 5. The second-order valence-electron chi connectivity index (χ2n) is 9.83. The molecule has 0 spiro atoms. The van der Waals surface area contributed by atoms with Crippen LogP contribution in [-0.2, 0) is 19.0 Å². The standard InChI is InChI=1S/C21H31ClO5/c1-14-3-2-4-17(5-14)18(23)27-21-9-15-6-16(10-21)8-20(7-15,11-21)12-25-19(24)26-13-22/h14-17H,2-13H2,1H3/t14-,15?,16?,17?,20?,21?/m0/s1. The summed E-state index contributed by atoms with van der Waals surface area (Å²) in [6, 6.07) is -0.196. The van der Waals surface area contributed by atoms with Crippen LogP contribution in [0.1, 0.15) is 71.1 Å². The van der Waals surface area contributed by atoms with Crippen molar-refractivity contribution >= 4 is 23.7 Å². The Morgan fingerprint density at radius 2 is 1.78 bits per heavy atom. The lowest BCUT2D eigenvalue weighted by Crippen LogP contribution is -2.59. The third-order valence-electron chi connectivity index (χ3n) is 7.38. The molecule has 0 aromatic heterocycles. The van der Waals surface area contributed by atoms with Gasteiger partial charge in [0.25, 0.3) is 0 Å². The molecular weight excluding hydrogens is 368 g/mol. The average Bonchev–Trinajstić information content (AvgIpc) is 2.59. The fraction of sp³-hybridized carbons (Fsp3) is 0.905. The van der Waals surface area contributed by atoms with Crippen molar-refractivity contribution in [3.8, 4) is 0 Å². The fourth-order valence-electron chi connectivity index (χ4n) is 6.90. The first-order valence-corrected chi connectivity index (χ1v) is 11.0. The molecule has 152 valence electrons. The first-order valence-electron chi connectivity index (χ1n) is 10.5. The van der Waals surface area contributed by atoms with Crippen LogP contribution in [-0.4, -0.2) is 30.4 Å². The normalized spacial score (nSPS) is 42.6. The highest BCUT2D eigenvalue weighted by Crippen LogP contribution is 2.63. The maximum atomic E-state index is 12.9. The summed E-state index contributed by atoms with van der Waals surface area (Å²) in [7, 11) is 0. The topological polar surface area (TPSA) is 61.8 Å². The zero-order chi connectivity index (χ0) is 19.1. The zero-order valence-electron chi connectivity index (χ0n) is 16.2. The maximum Gasteiger partial charge on any atom is 0.509 e. The van der Waals surface area contributed by atoms with E-state index in [-0.39, 0.29) is 29.0 Å². The molecule has 0 aromatic carbocycles. The summed E-state index contributed by atoms with van der Waals surface area (Å²) in [4.78, 5) is 24.6. The molecule has 0 radical (unpaired) electrons. The van der Waals surface area contributed by atoms with Crippen LogP contribution in [0.2, 0.25) is 0 Å². The molecule has 0 N–H and O–H groups in total. The lowest BCUT2D eigenvalue weighted by molar-refractivity contribution is -0.212. The Morgan fingerprint density at radius 3 is 2.44 bits per heavy atom. The lowest BCUT2D eigenvalue weighted by Gasteiger charge is -2.61. The maximum absolute atomic E-state index is 12.9. The van der Waals surface area contributed by atoms with Crippen molar-refractivity contribution in [1.82, 2.24) is 0 Å². The number of alkyl halides is 1. The predicted octanol–water partition coefficient (Wildman–Crippen LogP) is 5.04. The number of rotatable bonds is 5. The molecule has 0 aliphatic heterocycles. The van der Waals surface area contributed by atoms with E-state index in [4.69, 9.17) is 25.8 Å². The van der Waals surface area contributed by atoms with Crippen molar-refractivity contribution in [3.05, 3.63) is 0 Å². The Hall–Kier alpha value is -0.970. The van der Waals surface area contributed by atoms with Crippen molar-refractivity contribution < 1.29 is 23.8 Å². The number of hydrogen-bond donors (Lipinski definition) is 0. The molecule has 6 heteroatoms. The third-order valence-corrected chi connectivity index (χ3v) is 7.49. The van der Waals surface area contributed by atoms with Crippen LogP contribution < -0.4 is 0 Å². The molecule has 0 aromatic rings. The minimum Gasteiger partial charge on any atom is -0.459 e. The Labute approximate surface area is 166 Å². The molecule has 5 fully saturated rings. The highest BCUT2D eigenvalue weighted by Gasteiger charge is 2.60. The first-order chi connectivity index (χ1) is 12.9. The monoisotopic (exact) mass is 398 g/mol. The van der Waals surface area contributed by atoms with Crippen molar-refractivity contribution in [2.75, 3.05) is 12.7 Å². The van der Waals surface area contributed by atoms with Crippen molar-refractivity contribution in [1.29, 1.82) is 0 Å². The van der Waals surface area contributed by atoms with Gasteiger partial charge in [0, 0.05) is 5.41 Å². The number of ether oxygens (including phenoxy) is 3. The average molecular weight is 399 g/mol. The Morgan fingerprint density at radius 1 is 1.04 bits per heavy atom. The zero-order valence-corrected chi connectivity index (χ0v) is 17.0. The molecule has 4 bridgehead atoms. The van der Waals surface area contributed by atoms with E-state index in [9.17, 15) is 9.59 Å². The van der Waals surface area contributed by atoms with Gasteiger partial charge in [-0.1, -0.05) is 31.4 Å². The molecule has 5 aliphatic carbocycles. The number of carbonyl (C=O) groups excluding carboxylic acids is 2. The van der Waals surface area contributed by atoms with E-state index in [1.54, 1.807) is 0 Å². The van der Waals surface area contributed by atoms with Gasteiger partial charge in [0.1, 0.15) is 12.2 Å². The summed E-state index contributed by atoms with van der Waals surface area (Å²) in [6.45, 7) is 2.58. The summed E-state index contributed by atoms with van der Waals surface area (Å²) in [6.07, 6.45) is 9.65. The molecule has 27 heavy (non-hydrogen) atoms. The molecule has 0 amide bonds. The van der Waals surface area contributed by atoms with Gasteiger partial charge >= 0.3 is 12.1 Å². The minimum absolute atomic E-state index is 0.0149. The summed E-state index contributed by atoms with van der Waals surface area (Å²) in [5, 5.41) is 0. The summed E-state index contributed by atoms with van der Waals surface area (Å²) >= 11 is 5.43. The smallest absolute Gasteiger partial charge is 0.459 e. The molecule has 0 saturated heterocycles. The van der Waals surface area contributed by atoms with E-state index in [1.165, 1.54) is 12.8 Å². The van der Waals surface area contributed by atoms with Gasteiger partial charge in [0.2, 0.25) is 0 Å². The van der Waals surface area contributed by atoms with Crippen LogP contribution in [0, 0.1) is 29.1 Å². The highest BCUT2D eigenvalue weighted by atomic mass is 35.5. The van der Waals surface area contributed by atoms with E-state index in [1.807, 2.05) is 0 Å². The van der Waals surface area contributed by atoms with Crippen LogP contribution in [0.4, 0.5) is 4.79 Å². The SMILES string of the molecule is C[C@H]1CCCC(C(=O)OC23CC4CC(CC(COC(=O)OCCl)(C4)C2)C3)C1. The van der Waals surface area contributed by atoms with Gasteiger partial charge in [0.15, 0.2) is 6.07 Å². The second-order valence-corrected chi connectivity index (χ2v) is 10.0. The van der Waals surface area contributed by atoms with Gasteiger partial charge in [-0.05, 0) is 69.1 Å². The molecule has 0 heterocycles. The third kappa shape index (κ3) is 4.08. The Kier molecular flexibility index (Phi) is 5.34. The second kappa shape index (κ2) is 7.46. The van der Waals surface area contributed by atoms with Gasteiger partial charge in [-0.3, -0.25) is 4.79 Å². The molecule has 5 saturated carbocycles.